The molecule has 0 fully saturated rings. The second-order valence-corrected chi connectivity index (χ2v) is 14.9. The molecule has 3 nitrogen and oxygen atoms in total. The van der Waals surface area contributed by atoms with Gasteiger partial charge >= 0.3 is 0 Å². The Morgan fingerprint density at radius 3 is 1.39 bits per heavy atom. The van der Waals surface area contributed by atoms with Gasteiger partial charge in [-0.1, -0.05) is 140 Å². The van der Waals surface area contributed by atoms with E-state index in [0.717, 1.165) is 38.9 Å². The lowest BCUT2D eigenvalue weighted by molar-refractivity contribution is 0.669. The normalized spacial score (nSPS) is 11.9. The van der Waals surface area contributed by atoms with E-state index < -0.39 is 0 Å². The maximum Gasteiger partial charge on any atom is 0.136 e. The van der Waals surface area contributed by atoms with Crippen molar-refractivity contribution >= 4 is 65.6 Å². The minimum absolute atomic E-state index is 0.910. The quantitative estimate of drug-likeness (QED) is 0.173. The number of aromatic nitrogens is 2. The van der Waals surface area contributed by atoms with E-state index in [4.69, 9.17) is 4.42 Å². The fourth-order valence-corrected chi connectivity index (χ4v) is 9.19. The predicted octanol–water partition coefficient (Wildman–Crippen LogP) is 14.8. The van der Waals surface area contributed by atoms with E-state index in [0.29, 0.717) is 0 Å². The van der Waals surface area contributed by atoms with Crippen LogP contribution in [0, 0.1) is 0 Å². The molecule has 9 aromatic carbocycles. The summed E-state index contributed by atoms with van der Waals surface area (Å²) in [6.45, 7) is 0. The lowest BCUT2D eigenvalue weighted by atomic mass is 9.99. The molecule has 0 saturated carbocycles. The Bertz CT molecular complexity index is 3490. The fraction of sp³-hybridized carbons (Fsp3) is 0. The van der Waals surface area contributed by atoms with Gasteiger partial charge in [0, 0.05) is 43.7 Å². The molecule has 57 heavy (non-hydrogen) atoms. The molecule has 0 atom stereocenters. The minimum atomic E-state index is 0.910. The topological polar surface area (TPSA) is 23.0 Å². The number of benzene rings is 9. The van der Waals surface area contributed by atoms with Gasteiger partial charge in [-0.2, -0.15) is 0 Å². The number of hydrogen-bond donors (Lipinski definition) is 0. The Labute approximate surface area is 328 Å². The van der Waals surface area contributed by atoms with Crippen LogP contribution in [0.15, 0.2) is 211 Å². The smallest absolute Gasteiger partial charge is 0.136 e. The van der Waals surface area contributed by atoms with Gasteiger partial charge < -0.3 is 13.6 Å². The van der Waals surface area contributed by atoms with Crippen LogP contribution < -0.4 is 0 Å². The van der Waals surface area contributed by atoms with Crippen LogP contribution in [0.2, 0.25) is 0 Å². The summed E-state index contributed by atoms with van der Waals surface area (Å²) >= 11 is 0. The molecular weight excluding hydrogens is 693 g/mol. The van der Waals surface area contributed by atoms with Crippen molar-refractivity contribution in [3.05, 3.63) is 206 Å². The SMILES string of the molecule is c1ccc(-c2cccc(-c3ccc(-n4c5ccccc5c5c6c7ccccc7n(-c7ccc(-c8cccc9oc%10ccccc%10c89)cc7)c6ccc54)cc3)c2)cc1. The van der Waals surface area contributed by atoms with Crippen molar-refractivity contribution in [1.29, 1.82) is 0 Å². The van der Waals surface area contributed by atoms with Crippen molar-refractivity contribution in [2.75, 3.05) is 0 Å². The predicted molar refractivity (Wildman–Crippen MR) is 239 cm³/mol. The Morgan fingerprint density at radius 2 is 0.754 bits per heavy atom. The van der Waals surface area contributed by atoms with Crippen LogP contribution in [0.25, 0.3) is 110 Å². The summed E-state index contributed by atoms with van der Waals surface area (Å²) < 4.78 is 11.1. The molecule has 12 aromatic rings. The zero-order valence-electron chi connectivity index (χ0n) is 30.9. The first-order chi connectivity index (χ1) is 28.3. The highest BCUT2D eigenvalue weighted by atomic mass is 16.3. The molecule has 0 aliphatic carbocycles. The van der Waals surface area contributed by atoms with Crippen LogP contribution >= 0.6 is 0 Å². The van der Waals surface area contributed by atoms with E-state index in [1.807, 2.05) is 12.1 Å². The summed E-state index contributed by atoms with van der Waals surface area (Å²) in [5.41, 5.74) is 16.1. The van der Waals surface area contributed by atoms with Crippen LogP contribution in [0.4, 0.5) is 0 Å². The number of fused-ring (bicyclic) bond motifs is 10. The fourth-order valence-electron chi connectivity index (χ4n) is 9.19. The molecule has 3 heteroatoms. The van der Waals surface area contributed by atoms with Crippen molar-refractivity contribution in [3.8, 4) is 44.8 Å². The van der Waals surface area contributed by atoms with Crippen molar-refractivity contribution in [1.82, 2.24) is 9.13 Å². The zero-order valence-corrected chi connectivity index (χ0v) is 30.9. The molecule has 0 radical (unpaired) electrons. The average Bonchev–Trinajstić information content (AvgIpc) is 3.95. The molecule has 0 amide bonds. The molecule has 3 aromatic heterocycles. The lowest BCUT2D eigenvalue weighted by Gasteiger charge is -2.11. The van der Waals surface area contributed by atoms with Gasteiger partial charge in [-0.25, -0.2) is 0 Å². The van der Waals surface area contributed by atoms with E-state index in [9.17, 15) is 0 Å². The molecule has 12 rings (SSSR count). The van der Waals surface area contributed by atoms with Gasteiger partial charge in [0.05, 0.1) is 22.1 Å². The zero-order chi connectivity index (χ0) is 37.5. The third kappa shape index (κ3) is 4.86. The van der Waals surface area contributed by atoms with Gasteiger partial charge in [-0.3, -0.25) is 0 Å². The summed E-state index contributed by atoms with van der Waals surface area (Å²) in [5, 5.41) is 7.33. The molecule has 0 spiro atoms. The molecule has 0 aliphatic rings. The van der Waals surface area contributed by atoms with Gasteiger partial charge in [0.1, 0.15) is 11.2 Å². The second-order valence-electron chi connectivity index (χ2n) is 14.9. The highest BCUT2D eigenvalue weighted by Gasteiger charge is 2.21. The minimum Gasteiger partial charge on any atom is -0.456 e. The van der Waals surface area contributed by atoms with Crippen molar-refractivity contribution < 1.29 is 4.42 Å². The molecule has 0 unspecified atom stereocenters. The van der Waals surface area contributed by atoms with Crippen LogP contribution in [0.5, 0.6) is 0 Å². The third-order valence-electron chi connectivity index (χ3n) is 11.7. The summed E-state index contributed by atoms with van der Waals surface area (Å²) in [7, 11) is 0. The summed E-state index contributed by atoms with van der Waals surface area (Å²) in [6, 6.07) is 74.4. The average molecular weight is 727 g/mol. The van der Waals surface area contributed by atoms with Crippen LogP contribution in [0.3, 0.4) is 0 Å². The number of hydrogen-bond acceptors (Lipinski definition) is 1. The Balaban J connectivity index is 1.00. The third-order valence-corrected chi connectivity index (χ3v) is 11.7. The van der Waals surface area contributed by atoms with E-state index in [-0.39, 0.29) is 0 Å². The molecule has 0 aliphatic heterocycles. The first-order valence-electron chi connectivity index (χ1n) is 19.5. The molecular formula is C54H34N2O. The van der Waals surface area contributed by atoms with Crippen molar-refractivity contribution in [3.63, 3.8) is 0 Å². The van der Waals surface area contributed by atoms with Gasteiger partial charge in [-0.15, -0.1) is 0 Å². The summed E-state index contributed by atoms with van der Waals surface area (Å²) in [4.78, 5) is 0. The second kappa shape index (κ2) is 12.5. The molecule has 3 heterocycles. The number of nitrogens with zero attached hydrogens (tertiary/aromatic N) is 2. The summed E-state index contributed by atoms with van der Waals surface area (Å²) in [5.74, 6) is 0. The van der Waals surface area contributed by atoms with Gasteiger partial charge in [-0.05, 0) is 100 Å². The maximum absolute atomic E-state index is 6.22. The summed E-state index contributed by atoms with van der Waals surface area (Å²) in [6.07, 6.45) is 0. The number of furan rings is 1. The Morgan fingerprint density at radius 1 is 0.281 bits per heavy atom. The Kier molecular flexibility index (Phi) is 6.93. The molecule has 0 N–H and O–H groups in total. The van der Waals surface area contributed by atoms with Crippen LogP contribution in [-0.2, 0) is 0 Å². The maximum atomic E-state index is 6.22. The van der Waals surface area contributed by atoms with E-state index in [1.54, 1.807) is 0 Å². The standard InChI is InChI=1S/C54H34N2O/c1-2-12-35(13-3-1)38-14-10-15-39(34-38)36-24-28-40(29-25-36)55-46-20-7-4-16-43(46)53-48(55)32-33-49-54(53)44-17-5-8-21-47(44)56(49)41-30-26-37(27-31-41)42-19-11-23-51-52(42)45-18-6-9-22-50(45)57-51/h1-34H. The monoisotopic (exact) mass is 726 g/mol. The van der Waals surface area contributed by atoms with E-state index in [1.165, 1.54) is 71.4 Å². The van der Waals surface area contributed by atoms with Crippen LogP contribution in [-0.4, -0.2) is 9.13 Å². The first-order valence-corrected chi connectivity index (χ1v) is 19.5. The highest BCUT2D eigenvalue weighted by molar-refractivity contribution is 6.29. The van der Waals surface area contributed by atoms with Gasteiger partial charge in [0.15, 0.2) is 0 Å². The number of rotatable bonds is 5. The van der Waals surface area contributed by atoms with E-state index >= 15 is 0 Å². The Hall–Kier alpha value is -7.62. The van der Waals surface area contributed by atoms with Crippen LogP contribution in [0.1, 0.15) is 0 Å². The highest BCUT2D eigenvalue weighted by Crippen LogP contribution is 2.43. The lowest BCUT2D eigenvalue weighted by Crippen LogP contribution is -1.95. The molecule has 266 valence electrons. The van der Waals surface area contributed by atoms with Crippen molar-refractivity contribution in [2.24, 2.45) is 0 Å². The molecule has 0 bridgehead atoms. The number of para-hydroxylation sites is 3. The van der Waals surface area contributed by atoms with Gasteiger partial charge in [0.2, 0.25) is 0 Å². The largest absolute Gasteiger partial charge is 0.456 e. The first kappa shape index (κ1) is 31.7. The van der Waals surface area contributed by atoms with E-state index in [2.05, 4.69) is 203 Å². The molecule has 0 saturated heterocycles. The van der Waals surface area contributed by atoms with Gasteiger partial charge in [0.25, 0.3) is 0 Å². The van der Waals surface area contributed by atoms with Crippen molar-refractivity contribution in [2.45, 2.75) is 0 Å².